The lowest BCUT2D eigenvalue weighted by molar-refractivity contribution is 0.236. The van der Waals surface area contributed by atoms with Crippen molar-refractivity contribution < 1.29 is 0 Å². The van der Waals surface area contributed by atoms with Gasteiger partial charge in [-0.15, -0.1) is 0 Å². The van der Waals surface area contributed by atoms with Gasteiger partial charge in [-0.2, -0.15) is 0 Å². The minimum absolute atomic E-state index is 0.696. The van der Waals surface area contributed by atoms with Gasteiger partial charge in [0.05, 0.1) is 0 Å². The van der Waals surface area contributed by atoms with Crippen molar-refractivity contribution in [1.82, 2.24) is 0 Å². The Labute approximate surface area is 82.7 Å². The van der Waals surface area contributed by atoms with Crippen LogP contribution >= 0.6 is 0 Å². The summed E-state index contributed by atoms with van der Waals surface area (Å²) in [6.45, 7) is 14.9. The molecule has 0 N–H and O–H groups in total. The van der Waals surface area contributed by atoms with E-state index in [0.717, 1.165) is 11.8 Å². The Kier molecular flexibility index (Phi) is 3.35. The average Bonchev–Trinajstić information content (AvgIpc) is 2.08. The van der Waals surface area contributed by atoms with E-state index in [0.29, 0.717) is 5.92 Å². The molecule has 3 atom stereocenters. The second-order valence-electron chi connectivity index (χ2n) is 4.81. The lowest BCUT2D eigenvalue weighted by atomic mass is 9.71. The van der Waals surface area contributed by atoms with Crippen molar-refractivity contribution in [2.75, 3.05) is 0 Å². The van der Waals surface area contributed by atoms with Crippen molar-refractivity contribution in [1.29, 1.82) is 0 Å². The van der Waals surface area contributed by atoms with Gasteiger partial charge in [-0.25, -0.2) is 0 Å². The first-order valence-corrected chi connectivity index (χ1v) is 5.37. The molecule has 0 aromatic carbocycles. The van der Waals surface area contributed by atoms with E-state index in [1.807, 2.05) is 0 Å². The molecule has 0 aromatic heterocycles. The third-order valence-corrected chi connectivity index (χ3v) is 3.45. The Bertz CT molecular complexity index is 212. The highest BCUT2D eigenvalue weighted by atomic mass is 14.3. The van der Waals surface area contributed by atoms with Gasteiger partial charge in [-0.1, -0.05) is 39.0 Å². The topological polar surface area (TPSA) is 0 Å². The molecule has 0 aromatic rings. The molecule has 0 aliphatic heterocycles. The zero-order chi connectivity index (χ0) is 10.0. The highest BCUT2D eigenvalue weighted by Crippen LogP contribution is 2.38. The van der Waals surface area contributed by atoms with E-state index in [2.05, 4.69) is 33.9 Å². The Morgan fingerprint density at radius 2 is 1.77 bits per heavy atom. The summed E-state index contributed by atoms with van der Waals surface area (Å²) in [6.07, 6.45) is 4.06. The van der Waals surface area contributed by atoms with Crippen LogP contribution < -0.4 is 0 Å². The van der Waals surface area contributed by atoms with Crippen LogP contribution in [0.15, 0.2) is 24.3 Å². The second kappa shape index (κ2) is 4.13. The molecule has 1 aliphatic carbocycles. The summed E-state index contributed by atoms with van der Waals surface area (Å²) in [5, 5.41) is 0. The monoisotopic (exact) mass is 178 g/mol. The summed E-state index contributed by atoms with van der Waals surface area (Å²) in [5.41, 5.74) is 2.46. The van der Waals surface area contributed by atoms with Gasteiger partial charge in [0.2, 0.25) is 0 Å². The van der Waals surface area contributed by atoms with Crippen molar-refractivity contribution in [3.8, 4) is 0 Å². The van der Waals surface area contributed by atoms with Gasteiger partial charge in [0.25, 0.3) is 0 Å². The van der Waals surface area contributed by atoms with Crippen LogP contribution in [0.2, 0.25) is 0 Å². The molecular weight excluding hydrogens is 156 g/mol. The van der Waals surface area contributed by atoms with Crippen molar-refractivity contribution in [2.24, 2.45) is 17.8 Å². The minimum Gasteiger partial charge on any atom is -0.0958 e. The van der Waals surface area contributed by atoms with E-state index in [-0.39, 0.29) is 0 Å². The third-order valence-electron chi connectivity index (χ3n) is 3.45. The van der Waals surface area contributed by atoms with Gasteiger partial charge in [-0.05, 0) is 43.1 Å². The highest BCUT2D eigenvalue weighted by Gasteiger charge is 2.27. The zero-order valence-electron chi connectivity index (χ0n) is 9.27. The van der Waals surface area contributed by atoms with Crippen LogP contribution in [-0.4, -0.2) is 0 Å². The molecule has 1 fully saturated rings. The molecule has 0 radical (unpaired) electrons. The molecule has 1 aliphatic rings. The molecule has 13 heavy (non-hydrogen) atoms. The normalized spacial score (nSPS) is 34.2. The predicted molar refractivity (Wildman–Crippen MR) is 59.6 cm³/mol. The number of hydrogen-bond acceptors (Lipinski definition) is 0. The summed E-state index contributed by atoms with van der Waals surface area (Å²) < 4.78 is 0. The van der Waals surface area contributed by atoms with Crippen LogP contribution in [0.3, 0.4) is 0 Å². The molecule has 0 heteroatoms. The lowest BCUT2D eigenvalue weighted by Crippen LogP contribution is -2.23. The van der Waals surface area contributed by atoms with Gasteiger partial charge < -0.3 is 0 Å². The molecule has 0 nitrogen and oxygen atoms in total. The Hall–Kier alpha value is -0.520. The zero-order valence-corrected chi connectivity index (χ0v) is 9.27. The quantitative estimate of drug-likeness (QED) is 0.556. The number of hydrogen-bond donors (Lipinski definition) is 0. The Balaban J connectivity index is 2.65. The van der Waals surface area contributed by atoms with Gasteiger partial charge >= 0.3 is 0 Å². The van der Waals surface area contributed by atoms with Crippen LogP contribution in [0.1, 0.15) is 40.0 Å². The molecule has 1 rings (SSSR count). The van der Waals surface area contributed by atoms with Crippen LogP contribution in [-0.2, 0) is 0 Å². The first-order valence-electron chi connectivity index (χ1n) is 5.37. The van der Waals surface area contributed by atoms with Gasteiger partial charge in [0.15, 0.2) is 0 Å². The lowest BCUT2D eigenvalue weighted by Gasteiger charge is -2.34. The average molecular weight is 178 g/mol. The van der Waals surface area contributed by atoms with E-state index >= 15 is 0 Å². The van der Waals surface area contributed by atoms with E-state index in [9.17, 15) is 0 Å². The smallest absolute Gasteiger partial charge is 0.0137 e. The van der Waals surface area contributed by atoms with Crippen molar-refractivity contribution in [3.63, 3.8) is 0 Å². The molecule has 0 spiro atoms. The molecule has 3 unspecified atom stereocenters. The molecule has 0 bridgehead atoms. The summed E-state index contributed by atoms with van der Waals surface area (Å²) in [7, 11) is 0. The summed E-state index contributed by atoms with van der Waals surface area (Å²) in [4.78, 5) is 0. The fourth-order valence-corrected chi connectivity index (χ4v) is 2.33. The fourth-order valence-electron chi connectivity index (χ4n) is 2.33. The van der Waals surface area contributed by atoms with E-state index < -0.39 is 0 Å². The minimum atomic E-state index is 0.696. The van der Waals surface area contributed by atoms with Crippen LogP contribution in [0, 0.1) is 17.8 Å². The first-order chi connectivity index (χ1) is 6.02. The summed E-state index contributed by atoms with van der Waals surface area (Å²) >= 11 is 0. The highest BCUT2D eigenvalue weighted by molar-refractivity contribution is 5.26. The van der Waals surface area contributed by atoms with Gasteiger partial charge in [-0.3, -0.25) is 0 Å². The molecule has 0 heterocycles. The fraction of sp³-hybridized carbons (Fsp3) is 0.692. The first kappa shape index (κ1) is 10.6. The van der Waals surface area contributed by atoms with Gasteiger partial charge in [0, 0.05) is 0 Å². The number of rotatable bonds is 2. The van der Waals surface area contributed by atoms with E-state index in [1.54, 1.807) is 0 Å². The predicted octanol–water partition coefficient (Wildman–Crippen LogP) is 4.19. The molecule has 1 saturated carbocycles. The molecular formula is C13H22. The standard InChI is InChI=1S/C13H22/c1-9(2)12(5)13-8-10(3)6-7-11(13)4/h10-11,13H,1,5-8H2,2-4H3. The second-order valence-corrected chi connectivity index (χ2v) is 4.81. The van der Waals surface area contributed by atoms with Crippen molar-refractivity contribution in [3.05, 3.63) is 24.3 Å². The molecule has 0 saturated heterocycles. The van der Waals surface area contributed by atoms with E-state index in [1.165, 1.54) is 30.4 Å². The van der Waals surface area contributed by atoms with Crippen molar-refractivity contribution in [2.45, 2.75) is 40.0 Å². The van der Waals surface area contributed by atoms with Gasteiger partial charge in [0.1, 0.15) is 0 Å². The third kappa shape index (κ3) is 2.46. The van der Waals surface area contributed by atoms with Crippen LogP contribution in [0.25, 0.3) is 0 Å². The van der Waals surface area contributed by atoms with Crippen LogP contribution in [0.4, 0.5) is 0 Å². The van der Waals surface area contributed by atoms with E-state index in [4.69, 9.17) is 0 Å². The number of allylic oxidation sites excluding steroid dienone is 2. The maximum atomic E-state index is 4.16. The largest absolute Gasteiger partial charge is 0.0958 e. The molecule has 0 amide bonds. The maximum absolute atomic E-state index is 4.16. The molecule has 74 valence electrons. The van der Waals surface area contributed by atoms with Crippen LogP contribution in [0.5, 0.6) is 0 Å². The van der Waals surface area contributed by atoms with Crippen molar-refractivity contribution >= 4 is 0 Å². The Morgan fingerprint density at radius 1 is 1.15 bits per heavy atom. The SMILES string of the molecule is C=C(C)C(=C)C1CC(C)CCC1C. The Morgan fingerprint density at radius 3 is 2.31 bits per heavy atom. The summed E-state index contributed by atoms with van der Waals surface area (Å²) in [6, 6.07) is 0. The summed E-state index contributed by atoms with van der Waals surface area (Å²) in [5.74, 6) is 2.37. The maximum Gasteiger partial charge on any atom is -0.0137 e.